The minimum Gasteiger partial charge on any atom is -0.311 e. The molecule has 0 aromatic carbocycles. The molecule has 3 aromatic heterocycles. The van der Waals surface area contributed by atoms with Crippen LogP contribution >= 0.6 is 11.3 Å². The van der Waals surface area contributed by atoms with Crippen LogP contribution < -0.4 is 5.56 Å². The monoisotopic (exact) mass is 367 g/mol. The van der Waals surface area contributed by atoms with Gasteiger partial charge in [0.2, 0.25) is 0 Å². The number of aryl methyl sites for hydroxylation is 1. The van der Waals surface area contributed by atoms with Crippen molar-refractivity contribution in [2.45, 2.75) is 32.2 Å². The Hall–Kier alpha value is -2.38. The molecule has 1 aliphatic heterocycles. The third-order valence-electron chi connectivity index (χ3n) is 4.66. The molecule has 3 aromatic rings. The Bertz CT molecular complexity index is 920. The maximum absolute atomic E-state index is 11.7. The number of aromatic amines is 1. The second-order valence-corrected chi connectivity index (χ2v) is 7.67. The van der Waals surface area contributed by atoms with E-state index in [0.29, 0.717) is 11.7 Å². The Morgan fingerprint density at radius 2 is 2.19 bits per heavy atom. The zero-order chi connectivity index (χ0) is 17.9. The van der Waals surface area contributed by atoms with Gasteiger partial charge in [-0.1, -0.05) is 6.07 Å². The molecule has 6 nitrogen and oxygen atoms in total. The molecule has 1 fully saturated rings. The molecule has 1 atom stereocenters. The summed E-state index contributed by atoms with van der Waals surface area (Å²) < 4.78 is 0. The molecular formula is C19H21N5OS. The number of rotatable bonds is 4. The SMILES string of the molecule is Cc1nc([C@H]2CCCN(Cc3cnc(-c4cccs4)nc3)C2)cc(=O)[nH]1. The molecule has 26 heavy (non-hydrogen) atoms. The molecule has 0 amide bonds. The summed E-state index contributed by atoms with van der Waals surface area (Å²) in [4.78, 5) is 31.5. The van der Waals surface area contributed by atoms with E-state index in [2.05, 4.69) is 24.8 Å². The molecule has 4 rings (SSSR count). The highest BCUT2D eigenvalue weighted by atomic mass is 32.1. The second kappa shape index (κ2) is 7.47. The maximum Gasteiger partial charge on any atom is 0.251 e. The van der Waals surface area contributed by atoms with Gasteiger partial charge in [-0.3, -0.25) is 9.69 Å². The van der Waals surface area contributed by atoms with Crippen LogP contribution in [0.15, 0.2) is 40.8 Å². The topological polar surface area (TPSA) is 74.8 Å². The average Bonchev–Trinajstić information content (AvgIpc) is 3.16. The van der Waals surface area contributed by atoms with E-state index in [4.69, 9.17) is 0 Å². The van der Waals surface area contributed by atoms with E-state index in [1.165, 1.54) is 0 Å². The van der Waals surface area contributed by atoms with Crippen LogP contribution in [0.2, 0.25) is 0 Å². The van der Waals surface area contributed by atoms with Crippen molar-refractivity contribution in [3.05, 3.63) is 63.4 Å². The Labute approximate surface area is 156 Å². The van der Waals surface area contributed by atoms with E-state index in [9.17, 15) is 4.79 Å². The molecule has 1 N–H and O–H groups in total. The van der Waals surface area contributed by atoms with E-state index in [-0.39, 0.29) is 5.56 Å². The van der Waals surface area contributed by atoms with E-state index < -0.39 is 0 Å². The first-order valence-corrected chi connectivity index (χ1v) is 9.70. The van der Waals surface area contributed by atoms with Crippen LogP contribution in [-0.2, 0) is 6.54 Å². The number of H-pyrrole nitrogens is 1. The summed E-state index contributed by atoms with van der Waals surface area (Å²) in [7, 11) is 0. The summed E-state index contributed by atoms with van der Waals surface area (Å²) in [5.41, 5.74) is 1.95. The van der Waals surface area contributed by atoms with Gasteiger partial charge >= 0.3 is 0 Å². The van der Waals surface area contributed by atoms with Gasteiger partial charge in [0.05, 0.1) is 10.6 Å². The van der Waals surface area contributed by atoms with Gasteiger partial charge in [-0.05, 0) is 37.8 Å². The highest BCUT2D eigenvalue weighted by molar-refractivity contribution is 7.13. The van der Waals surface area contributed by atoms with Crippen LogP contribution in [0.25, 0.3) is 10.7 Å². The summed E-state index contributed by atoms with van der Waals surface area (Å²) in [6.45, 7) is 4.61. The lowest BCUT2D eigenvalue weighted by atomic mass is 9.94. The smallest absolute Gasteiger partial charge is 0.251 e. The van der Waals surface area contributed by atoms with E-state index in [1.807, 2.05) is 36.8 Å². The maximum atomic E-state index is 11.7. The fraction of sp³-hybridized carbons (Fsp3) is 0.368. The molecule has 1 saturated heterocycles. The number of aromatic nitrogens is 4. The van der Waals surface area contributed by atoms with Crippen molar-refractivity contribution >= 4 is 11.3 Å². The van der Waals surface area contributed by atoms with Crippen molar-refractivity contribution < 1.29 is 0 Å². The summed E-state index contributed by atoms with van der Waals surface area (Å²) in [5.74, 6) is 1.77. The van der Waals surface area contributed by atoms with Gasteiger partial charge in [0.25, 0.3) is 5.56 Å². The second-order valence-electron chi connectivity index (χ2n) is 6.72. The molecule has 7 heteroatoms. The zero-order valence-corrected chi connectivity index (χ0v) is 15.5. The summed E-state index contributed by atoms with van der Waals surface area (Å²) in [5, 5.41) is 2.03. The predicted octanol–water partition coefficient (Wildman–Crippen LogP) is 2.98. The van der Waals surface area contributed by atoms with Gasteiger partial charge in [-0.15, -0.1) is 11.3 Å². The Balaban J connectivity index is 1.44. The van der Waals surface area contributed by atoms with Crippen LogP contribution in [0.4, 0.5) is 0 Å². The Kier molecular flexibility index (Phi) is 4.90. The molecule has 0 aliphatic carbocycles. The van der Waals surface area contributed by atoms with Crippen LogP contribution in [0.3, 0.4) is 0 Å². The minimum atomic E-state index is -0.0674. The van der Waals surface area contributed by atoms with E-state index in [0.717, 1.165) is 54.4 Å². The molecule has 1 aliphatic rings. The molecule has 0 spiro atoms. The number of nitrogens with one attached hydrogen (secondary N) is 1. The van der Waals surface area contributed by atoms with Crippen molar-refractivity contribution in [2.24, 2.45) is 0 Å². The zero-order valence-electron chi connectivity index (χ0n) is 14.7. The molecular weight excluding hydrogens is 346 g/mol. The minimum absolute atomic E-state index is 0.0674. The first kappa shape index (κ1) is 17.1. The predicted molar refractivity (Wildman–Crippen MR) is 102 cm³/mol. The van der Waals surface area contributed by atoms with Crippen molar-refractivity contribution in [1.82, 2.24) is 24.8 Å². The standard InChI is InChI=1S/C19H21N5OS/c1-13-22-16(8-18(25)23-13)15-4-2-6-24(12-15)11-14-9-20-19(21-10-14)17-5-3-7-26-17/h3,5,7-10,15H,2,4,6,11-12H2,1H3,(H,22,23,25)/t15-/m0/s1. The van der Waals surface area contributed by atoms with Crippen molar-refractivity contribution in [3.8, 4) is 10.7 Å². The Morgan fingerprint density at radius 3 is 2.92 bits per heavy atom. The van der Waals surface area contributed by atoms with Crippen molar-refractivity contribution in [1.29, 1.82) is 0 Å². The summed E-state index contributed by atoms with van der Waals surface area (Å²) in [6.07, 6.45) is 6.01. The van der Waals surface area contributed by atoms with Crippen LogP contribution in [-0.4, -0.2) is 37.9 Å². The molecule has 4 heterocycles. The fourth-order valence-electron chi connectivity index (χ4n) is 3.48. The molecule has 0 saturated carbocycles. The van der Waals surface area contributed by atoms with E-state index >= 15 is 0 Å². The highest BCUT2D eigenvalue weighted by Crippen LogP contribution is 2.26. The molecule has 0 radical (unpaired) electrons. The quantitative estimate of drug-likeness (QED) is 0.767. The first-order chi connectivity index (χ1) is 12.7. The first-order valence-electron chi connectivity index (χ1n) is 8.82. The van der Waals surface area contributed by atoms with Crippen LogP contribution in [0.5, 0.6) is 0 Å². The lowest BCUT2D eigenvalue weighted by Gasteiger charge is -2.32. The number of hydrogen-bond acceptors (Lipinski definition) is 6. The van der Waals surface area contributed by atoms with Gasteiger partial charge in [0, 0.05) is 43.0 Å². The van der Waals surface area contributed by atoms with Crippen LogP contribution in [0.1, 0.15) is 35.8 Å². The number of thiophene rings is 1. The number of hydrogen-bond donors (Lipinski definition) is 1. The van der Waals surface area contributed by atoms with Gasteiger partial charge in [-0.25, -0.2) is 15.0 Å². The summed E-state index contributed by atoms with van der Waals surface area (Å²) >= 11 is 1.65. The largest absolute Gasteiger partial charge is 0.311 e. The lowest BCUT2D eigenvalue weighted by molar-refractivity contribution is 0.198. The average molecular weight is 367 g/mol. The summed E-state index contributed by atoms with van der Waals surface area (Å²) in [6, 6.07) is 5.68. The number of nitrogens with zero attached hydrogens (tertiary/aromatic N) is 4. The van der Waals surface area contributed by atoms with Gasteiger partial charge < -0.3 is 4.98 Å². The highest BCUT2D eigenvalue weighted by Gasteiger charge is 2.23. The molecule has 134 valence electrons. The van der Waals surface area contributed by atoms with Crippen molar-refractivity contribution in [3.63, 3.8) is 0 Å². The lowest BCUT2D eigenvalue weighted by Crippen LogP contribution is -2.34. The van der Waals surface area contributed by atoms with Gasteiger partial charge in [-0.2, -0.15) is 0 Å². The van der Waals surface area contributed by atoms with Gasteiger partial charge in [0.1, 0.15) is 5.82 Å². The molecule has 0 bridgehead atoms. The van der Waals surface area contributed by atoms with Crippen molar-refractivity contribution in [2.75, 3.05) is 13.1 Å². The number of piperidine rings is 1. The Morgan fingerprint density at radius 1 is 1.35 bits per heavy atom. The third kappa shape index (κ3) is 3.89. The fourth-order valence-corrected chi connectivity index (χ4v) is 4.15. The van der Waals surface area contributed by atoms with Gasteiger partial charge in [0.15, 0.2) is 5.82 Å². The van der Waals surface area contributed by atoms with Crippen LogP contribution in [0, 0.1) is 6.92 Å². The number of likely N-dealkylation sites (tertiary alicyclic amines) is 1. The molecule has 0 unspecified atom stereocenters. The third-order valence-corrected chi connectivity index (χ3v) is 5.52. The normalized spacial score (nSPS) is 18.1. The van der Waals surface area contributed by atoms with E-state index in [1.54, 1.807) is 17.4 Å².